The maximum atomic E-state index is 13.0. The molecule has 31 heavy (non-hydrogen) atoms. The van der Waals surface area contributed by atoms with Crippen molar-refractivity contribution in [3.8, 4) is 11.5 Å². The highest BCUT2D eigenvalue weighted by atomic mass is 16.5. The molecule has 0 unspecified atom stereocenters. The Bertz CT molecular complexity index is 1330. The standard InChI is InChI=1S/C24H21N3O4/c1-11-19(15-7-5-13(30-3)9-17(15)25-11)21-22(24(29)27-23(21)28)20-12(2)26-18-10-14(31-4)6-8-16(18)20/h5-10,25-26H,1-4H3,(H,27,28,29). The molecular formula is C24H21N3O4. The molecule has 156 valence electrons. The number of nitrogens with one attached hydrogen (secondary N) is 3. The van der Waals surface area contributed by atoms with E-state index in [-0.39, 0.29) is 0 Å². The maximum absolute atomic E-state index is 13.0. The zero-order valence-electron chi connectivity index (χ0n) is 17.6. The van der Waals surface area contributed by atoms with Crippen molar-refractivity contribution >= 4 is 44.8 Å². The number of H-pyrrole nitrogens is 2. The molecule has 0 saturated carbocycles. The summed E-state index contributed by atoms with van der Waals surface area (Å²) in [6.45, 7) is 3.80. The highest BCUT2D eigenvalue weighted by molar-refractivity contribution is 6.51. The first-order chi connectivity index (χ1) is 14.9. The zero-order chi connectivity index (χ0) is 21.9. The number of rotatable bonds is 4. The van der Waals surface area contributed by atoms with Gasteiger partial charge in [0.05, 0.1) is 25.4 Å². The van der Waals surface area contributed by atoms with Gasteiger partial charge in [-0.2, -0.15) is 0 Å². The topological polar surface area (TPSA) is 96.2 Å². The van der Waals surface area contributed by atoms with Gasteiger partial charge in [-0.15, -0.1) is 0 Å². The first kappa shape index (κ1) is 19.0. The summed E-state index contributed by atoms with van der Waals surface area (Å²) in [4.78, 5) is 32.6. The fourth-order valence-corrected chi connectivity index (χ4v) is 4.45. The Hall–Kier alpha value is -4.00. The minimum Gasteiger partial charge on any atom is -0.497 e. The van der Waals surface area contributed by atoms with E-state index in [1.165, 1.54) is 0 Å². The second-order valence-electron chi connectivity index (χ2n) is 7.61. The number of carbonyl (C=O) groups is 2. The molecule has 0 aliphatic carbocycles. The van der Waals surface area contributed by atoms with Crippen LogP contribution in [0.2, 0.25) is 0 Å². The van der Waals surface area contributed by atoms with Crippen molar-refractivity contribution < 1.29 is 19.1 Å². The molecule has 2 aromatic heterocycles. The van der Waals surface area contributed by atoms with Crippen LogP contribution >= 0.6 is 0 Å². The fourth-order valence-electron chi connectivity index (χ4n) is 4.45. The fraction of sp³-hybridized carbons (Fsp3) is 0.167. The van der Waals surface area contributed by atoms with E-state index in [0.29, 0.717) is 22.6 Å². The molecule has 0 saturated heterocycles. The summed E-state index contributed by atoms with van der Waals surface area (Å²) in [5.41, 5.74) is 5.48. The molecule has 0 bridgehead atoms. The van der Waals surface area contributed by atoms with Crippen LogP contribution in [0.1, 0.15) is 22.5 Å². The van der Waals surface area contributed by atoms with Crippen LogP contribution in [0.15, 0.2) is 36.4 Å². The van der Waals surface area contributed by atoms with Crippen molar-refractivity contribution in [2.24, 2.45) is 0 Å². The molecule has 3 N–H and O–H groups in total. The number of carbonyl (C=O) groups excluding carboxylic acids is 2. The van der Waals surface area contributed by atoms with Crippen LogP contribution < -0.4 is 14.8 Å². The number of aromatic amines is 2. The smallest absolute Gasteiger partial charge is 0.259 e. The van der Waals surface area contributed by atoms with Gasteiger partial charge in [0.2, 0.25) is 0 Å². The zero-order valence-corrected chi connectivity index (χ0v) is 17.6. The lowest BCUT2D eigenvalue weighted by molar-refractivity contribution is -0.122. The average molecular weight is 415 g/mol. The molecule has 5 rings (SSSR count). The molecule has 3 heterocycles. The van der Waals surface area contributed by atoms with Gasteiger partial charge in [0.25, 0.3) is 11.8 Å². The van der Waals surface area contributed by atoms with Crippen molar-refractivity contribution in [1.29, 1.82) is 0 Å². The van der Waals surface area contributed by atoms with Crippen LogP contribution in [-0.2, 0) is 9.59 Å². The van der Waals surface area contributed by atoms with E-state index >= 15 is 0 Å². The lowest BCUT2D eigenvalue weighted by Crippen LogP contribution is -2.22. The van der Waals surface area contributed by atoms with Crippen molar-refractivity contribution in [1.82, 2.24) is 15.3 Å². The molecule has 2 amide bonds. The summed E-state index contributed by atoms with van der Waals surface area (Å²) in [5.74, 6) is 0.620. The molecule has 4 aromatic rings. The quantitative estimate of drug-likeness (QED) is 0.441. The maximum Gasteiger partial charge on any atom is 0.259 e. The summed E-state index contributed by atoms with van der Waals surface area (Å²) < 4.78 is 10.6. The molecule has 0 spiro atoms. The molecule has 7 heteroatoms. The van der Waals surface area contributed by atoms with Crippen molar-refractivity contribution in [3.05, 3.63) is 58.9 Å². The number of ether oxygens (including phenoxy) is 2. The Morgan fingerprint density at radius 2 is 1.10 bits per heavy atom. The van der Waals surface area contributed by atoms with Gasteiger partial charge in [0.1, 0.15) is 11.5 Å². The summed E-state index contributed by atoms with van der Waals surface area (Å²) >= 11 is 0. The first-order valence-electron chi connectivity index (χ1n) is 9.86. The lowest BCUT2D eigenvalue weighted by Gasteiger charge is -2.07. The van der Waals surface area contributed by atoms with Crippen molar-refractivity contribution in [3.63, 3.8) is 0 Å². The molecule has 0 atom stereocenters. The molecule has 1 aliphatic heterocycles. The minimum atomic E-state index is -0.401. The molecule has 2 aromatic carbocycles. The molecular weight excluding hydrogens is 394 g/mol. The van der Waals surface area contributed by atoms with Crippen molar-refractivity contribution in [2.75, 3.05) is 14.2 Å². The number of hydrogen-bond acceptors (Lipinski definition) is 4. The van der Waals surface area contributed by atoms with Crippen LogP contribution in [0.4, 0.5) is 0 Å². The Balaban J connectivity index is 1.83. The van der Waals surface area contributed by atoms with E-state index in [1.807, 2.05) is 50.2 Å². The first-order valence-corrected chi connectivity index (χ1v) is 9.86. The van der Waals surface area contributed by atoms with Crippen molar-refractivity contribution in [2.45, 2.75) is 13.8 Å². The summed E-state index contributed by atoms with van der Waals surface area (Å²) in [6, 6.07) is 11.3. The summed E-state index contributed by atoms with van der Waals surface area (Å²) in [5, 5.41) is 4.21. The second-order valence-corrected chi connectivity index (χ2v) is 7.61. The Kier molecular flexibility index (Phi) is 4.15. The van der Waals surface area contributed by atoms with Crippen LogP contribution in [0.25, 0.3) is 33.0 Å². The predicted octanol–water partition coefficient (Wildman–Crippen LogP) is 3.85. The lowest BCUT2D eigenvalue weighted by atomic mass is 9.93. The van der Waals surface area contributed by atoms with E-state index in [1.54, 1.807) is 14.2 Å². The number of amides is 2. The Labute approximate surface area is 178 Å². The Morgan fingerprint density at radius 3 is 1.48 bits per heavy atom. The van der Waals surface area contributed by atoms with Crippen LogP contribution in [0.5, 0.6) is 11.5 Å². The van der Waals surface area contributed by atoms with Gasteiger partial charge in [-0.25, -0.2) is 0 Å². The number of aromatic nitrogens is 2. The summed E-state index contributed by atoms with van der Waals surface area (Å²) in [6.07, 6.45) is 0. The van der Waals surface area contributed by atoms with E-state index in [0.717, 1.165) is 44.3 Å². The number of aryl methyl sites for hydroxylation is 2. The van der Waals surface area contributed by atoms with Gasteiger partial charge in [-0.1, -0.05) is 0 Å². The van der Waals surface area contributed by atoms with Crippen LogP contribution in [-0.4, -0.2) is 36.0 Å². The average Bonchev–Trinajstić information content (AvgIpc) is 3.34. The number of methoxy groups -OCH3 is 2. The number of fused-ring (bicyclic) bond motifs is 2. The number of hydrogen-bond donors (Lipinski definition) is 3. The van der Waals surface area contributed by atoms with Crippen LogP contribution in [0, 0.1) is 13.8 Å². The highest BCUT2D eigenvalue weighted by Crippen LogP contribution is 2.41. The second kappa shape index (κ2) is 6.77. The number of benzene rings is 2. The predicted molar refractivity (Wildman–Crippen MR) is 119 cm³/mol. The summed E-state index contributed by atoms with van der Waals surface area (Å²) in [7, 11) is 3.22. The van der Waals surface area contributed by atoms with E-state index in [4.69, 9.17) is 9.47 Å². The Morgan fingerprint density at radius 1 is 0.677 bits per heavy atom. The third kappa shape index (κ3) is 2.73. The third-order valence-corrected chi connectivity index (χ3v) is 5.82. The van der Waals surface area contributed by atoms with E-state index < -0.39 is 11.8 Å². The minimum absolute atomic E-state index is 0.374. The molecule has 1 aliphatic rings. The molecule has 7 nitrogen and oxygen atoms in total. The molecule has 0 fully saturated rings. The normalized spacial score (nSPS) is 14.1. The largest absolute Gasteiger partial charge is 0.497 e. The van der Waals surface area contributed by atoms with Gasteiger partial charge < -0.3 is 19.4 Å². The van der Waals surface area contributed by atoms with Gasteiger partial charge in [0, 0.05) is 56.5 Å². The van der Waals surface area contributed by atoms with Gasteiger partial charge in [-0.05, 0) is 38.1 Å². The SMILES string of the molecule is COc1ccc2c(C3=C(c4c(C)[nH]c5cc(OC)ccc45)C(=O)NC3=O)c(C)[nH]c2c1. The number of imide groups is 1. The van der Waals surface area contributed by atoms with Gasteiger partial charge >= 0.3 is 0 Å². The third-order valence-electron chi connectivity index (χ3n) is 5.82. The molecule has 0 radical (unpaired) electrons. The van der Waals surface area contributed by atoms with Gasteiger partial charge in [0.15, 0.2) is 0 Å². The van der Waals surface area contributed by atoms with Gasteiger partial charge in [-0.3, -0.25) is 14.9 Å². The van der Waals surface area contributed by atoms with Crippen LogP contribution in [0.3, 0.4) is 0 Å². The monoisotopic (exact) mass is 415 g/mol. The van der Waals surface area contributed by atoms with E-state index in [9.17, 15) is 9.59 Å². The highest BCUT2D eigenvalue weighted by Gasteiger charge is 2.36. The van der Waals surface area contributed by atoms with E-state index in [2.05, 4.69) is 15.3 Å².